The van der Waals surface area contributed by atoms with E-state index in [0.717, 1.165) is 17.9 Å². The van der Waals surface area contributed by atoms with Gasteiger partial charge < -0.3 is 10.1 Å². The van der Waals surface area contributed by atoms with Gasteiger partial charge in [-0.2, -0.15) is 0 Å². The first kappa shape index (κ1) is 14.8. The fraction of sp³-hybridized carbons (Fsp3) is 0.250. The number of rotatable bonds is 6. The zero-order valence-electron chi connectivity index (χ0n) is 11.3. The van der Waals surface area contributed by atoms with E-state index in [2.05, 4.69) is 5.32 Å². The van der Waals surface area contributed by atoms with Crippen molar-refractivity contribution in [2.24, 2.45) is 0 Å². The molecule has 0 aliphatic heterocycles. The molecule has 0 amide bonds. The maximum absolute atomic E-state index is 13.0. The predicted octanol–water partition coefficient (Wildman–Crippen LogP) is 4.21. The highest BCUT2D eigenvalue weighted by Crippen LogP contribution is 2.19. The van der Waals surface area contributed by atoms with Gasteiger partial charge in [0.15, 0.2) is 0 Å². The summed E-state index contributed by atoms with van der Waals surface area (Å²) in [6.07, 6.45) is 0. The largest absolute Gasteiger partial charge is 0.492 e. The number of hydrogen-bond donors (Lipinski definition) is 1. The Labute approximate surface area is 123 Å². The van der Waals surface area contributed by atoms with Crippen LogP contribution in [-0.2, 0) is 0 Å². The van der Waals surface area contributed by atoms with Crippen molar-refractivity contribution in [1.29, 1.82) is 0 Å². The van der Waals surface area contributed by atoms with E-state index in [1.807, 2.05) is 19.1 Å². The number of ether oxygens (including phenoxy) is 1. The molecule has 2 aromatic carbocycles. The summed E-state index contributed by atoms with van der Waals surface area (Å²) in [6.45, 7) is 3.31. The van der Waals surface area contributed by atoms with Crippen molar-refractivity contribution in [1.82, 2.24) is 5.32 Å². The Kier molecular flexibility index (Phi) is 5.39. The van der Waals surface area contributed by atoms with Crippen LogP contribution in [0.5, 0.6) is 5.75 Å². The van der Waals surface area contributed by atoms with Crippen LogP contribution in [0, 0.1) is 5.82 Å². The average Bonchev–Trinajstić information content (AvgIpc) is 2.46. The minimum atomic E-state index is -0.234. The van der Waals surface area contributed by atoms with Gasteiger partial charge in [-0.1, -0.05) is 30.7 Å². The third-order valence-corrected chi connectivity index (χ3v) is 3.21. The number of benzene rings is 2. The van der Waals surface area contributed by atoms with Gasteiger partial charge in [0.25, 0.3) is 0 Å². The molecule has 1 atom stereocenters. The lowest BCUT2D eigenvalue weighted by atomic mass is 10.1. The van der Waals surface area contributed by atoms with Crippen LogP contribution in [0.4, 0.5) is 4.39 Å². The van der Waals surface area contributed by atoms with Crippen molar-refractivity contribution in [3.05, 3.63) is 64.9 Å². The Morgan fingerprint density at radius 1 is 1.10 bits per heavy atom. The topological polar surface area (TPSA) is 21.3 Å². The molecule has 1 unspecified atom stereocenters. The summed E-state index contributed by atoms with van der Waals surface area (Å²) in [5.41, 5.74) is 1.00. The fourth-order valence-electron chi connectivity index (χ4n) is 1.92. The van der Waals surface area contributed by atoms with Gasteiger partial charge in [-0.25, -0.2) is 4.39 Å². The van der Waals surface area contributed by atoms with E-state index < -0.39 is 0 Å². The van der Waals surface area contributed by atoms with Crippen LogP contribution in [-0.4, -0.2) is 13.2 Å². The Balaban J connectivity index is 2.02. The summed E-state index contributed by atoms with van der Waals surface area (Å²) in [5.74, 6) is 0.530. The van der Waals surface area contributed by atoms with Crippen molar-refractivity contribution in [3.63, 3.8) is 0 Å². The van der Waals surface area contributed by atoms with Crippen LogP contribution in [0.25, 0.3) is 0 Å². The molecule has 0 bridgehead atoms. The molecule has 20 heavy (non-hydrogen) atoms. The van der Waals surface area contributed by atoms with E-state index in [-0.39, 0.29) is 11.9 Å². The van der Waals surface area contributed by atoms with Crippen LogP contribution in [0.15, 0.2) is 48.5 Å². The van der Waals surface area contributed by atoms with E-state index in [1.165, 1.54) is 12.1 Å². The van der Waals surface area contributed by atoms with Gasteiger partial charge in [-0.05, 0) is 48.5 Å². The molecule has 106 valence electrons. The molecular formula is C16H17ClFNO. The minimum absolute atomic E-state index is 0.0243. The first-order valence-electron chi connectivity index (χ1n) is 6.56. The first-order valence-corrected chi connectivity index (χ1v) is 6.94. The van der Waals surface area contributed by atoms with Gasteiger partial charge in [0.2, 0.25) is 0 Å². The molecule has 1 N–H and O–H groups in total. The van der Waals surface area contributed by atoms with Gasteiger partial charge in [0, 0.05) is 5.02 Å². The van der Waals surface area contributed by atoms with Crippen molar-refractivity contribution in [2.45, 2.75) is 13.0 Å². The maximum atomic E-state index is 13.0. The average molecular weight is 294 g/mol. The summed E-state index contributed by atoms with van der Waals surface area (Å²) in [7, 11) is 0. The van der Waals surface area contributed by atoms with Crippen LogP contribution >= 0.6 is 11.6 Å². The van der Waals surface area contributed by atoms with E-state index in [9.17, 15) is 4.39 Å². The molecule has 2 rings (SSSR count). The molecular weight excluding hydrogens is 277 g/mol. The normalized spacial score (nSPS) is 12.2. The summed E-state index contributed by atoms with van der Waals surface area (Å²) < 4.78 is 18.7. The second-order valence-electron chi connectivity index (χ2n) is 4.43. The second kappa shape index (κ2) is 7.27. The quantitative estimate of drug-likeness (QED) is 0.861. The molecule has 0 radical (unpaired) electrons. The Morgan fingerprint density at radius 2 is 1.75 bits per heavy atom. The number of nitrogens with one attached hydrogen (secondary N) is 1. The Hall–Kier alpha value is -1.58. The lowest BCUT2D eigenvalue weighted by Crippen LogP contribution is -2.26. The van der Waals surface area contributed by atoms with E-state index >= 15 is 0 Å². The zero-order valence-corrected chi connectivity index (χ0v) is 12.0. The second-order valence-corrected chi connectivity index (χ2v) is 4.86. The smallest absolute Gasteiger partial charge is 0.123 e. The molecule has 0 aliphatic rings. The third kappa shape index (κ3) is 4.22. The molecule has 0 saturated carbocycles. The molecule has 0 aliphatic carbocycles. The first-order chi connectivity index (χ1) is 9.69. The van der Waals surface area contributed by atoms with Gasteiger partial charge in [0.05, 0.1) is 6.04 Å². The molecule has 2 aromatic rings. The Bertz CT molecular complexity index is 527. The highest BCUT2D eigenvalue weighted by Gasteiger charge is 2.11. The monoisotopic (exact) mass is 293 g/mol. The van der Waals surface area contributed by atoms with E-state index in [1.54, 1.807) is 24.3 Å². The third-order valence-electron chi connectivity index (χ3n) is 2.95. The van der Waals surface area contributed by atoms with Gasteiger partial charge in [0.1, 0.15) is 18.2 Å². The maximum Gasteiger partial charge on any atom is 0.123 e. The Morgan fingerprint density at radius 3 is 2.35 bits per heavy atom. The SMILES string of the molecule is CCNC(COc1ccc(Cl)cc1)c1ccc(F)cc1. The predicted molar refractivity (Wildman–Crippen MR) is 79.8 cm³/mol. The van der Waals surface area contributed by atoms with Crippen LogP contribution in [0.3, 0.4) is 0 Å². The summed E-state index contributed by atoms with van der Waals surface area (Å²) in [6, 6.07) is 13.7. The number of halogens is 2. The molecule has 2 nitrogen and oxygen atoms in total. The van der Waals surface area contributed by atoms with Crippen LogP contribution in [0.1, 0.15) is 18.5 Å². The number of hydrogen-bond acceptors (Lipinski definition) is 2. The molecule has 4 heteroatoms. The highest BCUT2D eigenvalue weighted by atomic mass is 35.5. The minimum Gasteiger partial charge on any atom is -0.492 e. The lowest BCUT2D eigenvalue weighted by Gasteiger charge is -2.19. The molecule has 0 saturated heterocycles. The standard InChI is InChI=1S/C16H17ClFNO/c1-2-19-16(12-3-7-14(18)8-4-12)11-20-15-9-5-13(17)6-10-15/h3-10,16,19H,2,11H2,1H3. The van der Waals surface area contributed by atoms with E-state index in [0.29, 0.717) is 11.6 Å². The number of likely N-dealkylation sites (N-methyl/N-ethyl adjacent to an activating group) is 1. The van der Waals surface area contributed by atoms with Crippen molar-refractivity contribution in [3.8, 4) is 5.75 Å². The zero-order chi connectivity index (χ0) is 14.4. The van der Waals surface area contributed by atoms with Crippen molar-refractivity contribution >= 4 is 11.6 Å². The van der Waals surface area contributed by atoms with Gasteiger partial charge in [-0.15, -0.1) is 0 Å². The van der Waals surface area contributed by atoms with Crippen molar-refractivity contribution in [2.75, 3.05) is 13.2 Å². The van der Waals surface area contributed by atoms with Gasteiger partial charge in [-0.3, -0.25) is 0 Å². The van der Waals surface area contributed by atoms with Gasteiger partial charge >= 0.3 is 0 Å². The fourth-order valence-corrected chi connectivity index (χ4v) is 2.05. The summed E-state index contributed by atoms with van der Waals surface area (Å²) in [4.78, 5) is 0. The molecule has 0 fully saturated rings. The lowest BCUT2D eigenvalue weighted by molar-refractivity contribution is 0.268. The van der Waals surface area contributed by atoms with Crippen LogP contribution < -0.4 is 10.1 Å². The summed E-state index contributed by atoms with van der Waals surface area (Å²) >= 11 is 5.83. The molecule has 0 aromatic heterocycles. The molecule has 0 heterocycles. The highest BCUT2D eigenvalue weighted by molar-refractivity contribution is 6.30. The summed E-state index contributed by atoms with van der Waals surface area (Å²) in [5, 5.41) is 4.01. The van der Waals surface area contributed by atoms with E-state index in [4.69, 9.17) is 16.3 Å². The van der Waals surface area contributed by atoms with Crippen molar-refractivity contribution < 1.29 is 9.13 Å². The molecule has 0 spiro atoms. The van der Waals surface area contributed by atoms with Crippen LogP contribution in [0.2, 0.25) is 5.02 Å².